The van der Waals surface area contributed by atoms with Crippen molar-refractivity contribution in [2.24, 2.45) is 23.7 Å². The van der Waals surface area contributed by atoms with E-state index in [0.29, 0.717) is 29.5 Å². The quantitative estimate of drug-likeness (QED) is 0.609. The van der Waals surface area contributed by atoms with Crippen molar-refractivity contribution >= 4 is 5.78 Å². The van der Waals surface area contributed by atoms with Crippen LogP contribution in [-0.2, 0) is 4.79 Å². The van der Waals surface area contributed by atoms with Gasteiger partial charge in [-0.1, -0.05) is 13.8 Å². The molecular weight excluding hydrogens is 162 g/mol. The van der Waals surface area contributed by atoms with Crippen LogP contribution in [0.2, 0.25) is 0 Å². The van der Waals surface area contributed by atoms with Crippen molar-refractivity contribution in [1.82, 2.24) is 4.90 Å². The van der Waals surface area contributed by atoms with E-state index in [9.17, 15) is 4.79 Å². The van der Waals surface area contributed by atoms with Gasteiger partial charge in [0.25, 0.3) is 0 Å². The van der Waals surface area contributed by atoms with Crippen LogP contribution in [-0.4, -0.2) is 30.8 Å². The summed E-state index contributed by atoms with van der Waals surface area (Å²) in [5.74, 6) is 2.50. The summed E-state index contributed by atoms with van der Waals surface area (Å²) in [4.78, 5) is 14.2. The fourth-order valence-corrected chi connectivity index (χ4v) is 2.97. The average molecular weight is 181 g/mol. The Kier molecular flexibility index (Phi) is 2.18. The zero-order valence-corrected chi connectivity index (χ0v) is 8.79. The lowest BCUT2D eigenvalue weighted by Gasteiger charge is -2.16. The van der Waals surface area contributed by atoms with Crippen LogP contribution < -0.4 is 0 Å². The SMILES string of the molecule is CC(C)C1CC2CN(C)CC2C1=O. The van der Waals surface area contributed by atoms with Gasteiger partial charge in [-0.05, 0) is 25.3 Å². The van der Waals surface area contributed by atoms with E-state index in [1.54, 1.807) is 0 Å². The zero-order chi connectivity index (χ0) is 9.59. The first-order chi connectivity index (χ1) is 6.09. The number of fused-ring (bicyclic) bond motifs is 1. The van der Waals surface area contributed by atoms with Gasteiger partial charge in [0.2, 0.25) is 0 Å². The normalized spacial score (nSPS) is 40.3. The lowest BCUT2D eigenvalue weighted by atomic mass is 9.92. The van der Waals surface area contributed by atoms with Crippen molar-refractivity contribution in [3.63, 3.8) is 0 Å². The number of carbonyl (C=O) groups excluding carboxylic acids is 1. The van der Waals surface area contributed by atoms with Gasteiger partial charge in [-0.2, -0.15) is 0 Å². The molecule has 0 N–H and O–H groups in total. The van der Waals surface area contributed by atoms with Crippen LogP contribution in [0.5, 0.6) is 0 Å². The number of carbonyl (C=O) groups is 1. The lowest BCUT2D eigenvalue weighted by Crippen LogP contribution is -2.24. The Balaban J connectivity index is 2.09. The van der Waals surface area contributed by atoms with Crippen LogP contribution in [0, 0.1) is 23.7 Å². The Labute approximate surface area is 80.3 Å². The van der Waals surface area contributed by atoms with Gasteiger partial charge in [0, 0.05) is 24.9 Å². The number of hydrogen-bond donors (Lipinski definition) is 0. The van der Waals surface area contributed by atoms with Crippen molar-refractivity contribution in [1.29, 1.82) is 0 Å². The van der Waals surface area contributed by atoms with Crippen LogP contribution >= 0.6 is 0 Å². The molecule has 1 aliphatic heterocycles. The average Bonchev–Trinajstić information content (AvgIpc) is 2.51. The Morgan fingerprint density at radius 1 is 1.38 bits per heavy atom. The smallest absolute Gasteiger partial charge is 0.140 e. The minimum Gasteiger partial charge on any atom is -0.305 e. The number of hydrogen-bond acceptors (Lipinski definition) is 2. The predicted molar refractivity (Wildman–Crippen MR) is 52.4 cm³/mol. The largest absolute Gasteiger partial charge is 0.305 e. The molecule has 0 spiro atoms. The third-order valence-electron chi connectivity index (χ3n) is 3.72. The molecule has 0 aromatic heterocycles. The minimum atomic E-state index is 0.365. The van der Waals surface area contributed by atoms with Crippen molar-refractivity contribution in [3.05, 3.63) is 0 Å². The van der Waals surface area contributed by atoms with Crippen molar-refractivity contribution in [2.75, 3.05) is 20.1 Å². The summed E-state index contributed by atoms with van der Waals surface area (Å²) >= 11 is 0. The summed E-state index contributed by atoms with van der Waals surface area (Å²) in [5.41, 5.74) is 0. The minimum absolute atomic E-state index is 0.365. The van der Waals surface area contributed by atoms with Gasteiger partial charge in [0.15, 0.2) is 0 Å². The predicted octanol–water partition coefficient (Wildman–Crippen LogP) is 1.41. The topological polar surface area (TPSA) is 20.3 Å². The first-order valence-corrected chi connectivity index (χ1v) is 5.32. The number of ketones is 1. The Morgan fingerprint density at radius 2 is 2.08 bits per heavy atom. The first-order valence-electron chi connectivity index (χ1n) is 5.32. The molecule has 2 fully saturated rings. The van der Waals surface area contributed by atoms with E-state index in [-0.39, 0.29) is 0 Å². The molecule has 1 aliphatic carbocycles. The molecule has 3 atom stereocenters. The van der Waals surface area contributed by atoms with Crippen LogP contribution in [0.15, 0.2) is 0 Å². The molecule has 13 heavy (non-hydrogen) atoms. The number of rotatable bonds is 1. The van der Waals surface area contributed by atoms with E-state index in [1.807, 2.05) is 0 Å². The maximum absolute atomic E-state index is 11.9. The summed E-state index contributed by atoms with van der Waals surface area (Å²) in [6.07, 6.45) is 1.14. The standard InChI is InChI=1S/C11H19NO/c1-7(2)9-4-8-5-12(3)6-10(8)11(9)13/h7-10H,4-6H2,1-3H3. The van der Waals surface area contributed by atoms with Gasteiger partial charge in [-0.3, -0.25) is 4.79 Å². The Bertz CT molecular complexity index is 224. The number of Topliss-reactive ketones (excluding diaryl/α,β-unsaturated/α-hetero) is 1. The summed E-state index contributed by atoms with van der Waals surface area (Å²) < 4.78 is 0. The van der Waals surface area contributed by atoms with E-state index >= 15 is 0 Å². The molecule has 0 aromatic carbocycles. The van der Waals surface area contributed by atoms with Crippen LogP contribution in [0.3, 0.4) is 0 Å². The Hall–Kier alpha value is -0.370. The van der Waals surface area contributed by atoms with Gasteiger partial charge >= 0.3 is 0 Å². The fourth-order valence-electron chi connectivity index (χ4n) is 2.97. The maximum Gasteiger partial charge on any atom is 0.140 e. The highest BCUT2D eigenvalue weighted by atomic mass is 16.1. The van der Waals surface area contributed by atoms with Crippen LogP contribution in [0.1, 0.15) is 20.3 Å². The number of nitrogens with zero attached hydrogens (tertiary/aromatic N) is 1. The lowest BCUT2D eigenvalue weighted by molar-refractivity contribution is -0.125. The van der Waals surface area contributed by atoms with E-state index in [0.717, 1.165) is 19.5 Å². The summed E-state index contributed by atoms with van der Waals surface area (Å²) in [7, 11) is 2.12. The second-order valence-electron chi connectivity index (χ2n) is 5.08. The molecule has 0 aromatic rings. The molecule has 74 valence electrons. The molecule has 1 saturated heterocycles. The van der Waals surface area contributed by atoms with Gasteiger partial charge < -0.3 is 4.90 Å². The van der Waals surface area contributed by atoms with Crippen molar-refractivity contribution < 1.29 is 4.79 Å². The molecule has 2 aliphatic rings. The second kappa shape index (κ2) is 3.09. The summed E-state index contributed by atoms with van der Waals surface area (Å²) in [5, 5.41) is 0. The second-order valence-corrected chi connectivity index (χ2v) is 5.08. The molecule has 2 nitrogen and oxygen atoms in total. The van der Waals surface area contributed by atoms with Gasteiger partial charge in [0.05, 0.1) is 0 Å². The molecule has 1 saturated carbocycles. The molecule has 0 amide bonds. The van der Waals surface area contributed by atoms with Gasteiger partial charge in [0.1, 0.15) is 5.78 Å². The zero-order valence-electron chi connectivity index (χ0n) is 8.79. The summed E-state index contributed by atoms with van der Waals surface area (Å²) in [6.45, 7) is 6.49. The highest BCUT2D eigenvalue weighted by molar-refractivity contribution is 5.86. The molecular formula is C11H19NO. The van der Waals surface area contributed by atoms with Crippen molar-refractivity contribution in [2.45, 2.75) is 20.3 Å². The van der Waals surface area contributed by atoms with E-state index in [1.165, 1.54) is 0 Å². The van der Waals surface area contributed by atoms with Gasteiger partial charge in [-0.15, -0.1) is 0 Å². The molecule has 3 unspecified atom stereocenters. The first kappa shape index (κ1) is 9.20. The van der Waals surface area contributed by atoms with E-state index in [4.69, 9.17) is 0 Å². The Morgan fingerprint density at radius 3 is 2.62 bits per heavy atom. The third-order valence-corrected chi connectivity index (χ3v) is 3.72. The van der Waals surface area contributed by atoms with Gasteiger partial charge in [-0.25, -0.2) is 0 Å². The highest BCUT2D eigenvalue weighted by Crippen LogP contribution is 2.41. The fraction of sp³-hybridized carbons (Fsp3) is 0.909. The number of likely N-dealkylation sites (tertiary alicyclic amines) is 1. The molecule has 2 heteroatoms. The van der Waals surface area contributed by atoms with E-state index < -0.39 is 0 Å². The van der Waals surface area contributed by atoms with Crippen molar-refractivity contribution in [3.8, 4) is 0 Å². The molecule has 2 rings (SSSR count). The molecule has 0 radical (unpaired) electrons. The van der Waals surface area contributed by atoms with E-state index in [2.05, 4.69) is 25.8 Å². The van der Waals surface area contributed by atoms with Crippen LogP contribution in [0.25, 0.3) is 0 Å². The maximum atomic E-state index is 11.9. The monoisotopic (exact) mass is 181 g/mol. The third kappa shape index (κ3) is 1.41. The van der Waals surface area contributed by atoms with Crippen LogP contribution in [0.4, 0.5) is 0 Å². The molecule has 0 bridgehead atoms. The molecule has 1 heterocycles. The summed E-state index contributed by atoms with van der Waals surface area (Å²) in [6, 6.07) is 0. The highest BCUT2D eigenvalue weighted by Gasteiger charge is 2.46.